The van der Waals surface area contributed by atoms with Gasteiger partial charge in [0.25, 0.3) is 0 Å². The Kier molecular flexibility index (Phi) is 4.69. The lowest BCUT2D eigenvalue weighted by atomic mass is 9.84. The van der Waals surface area contributed by atoms with Gasteiger partial charge in [0.15, 0.2) is 11.6 Å². The van der Waals surface area contributed by atoms with E-state index in [1.807, 2.05) is 13.8 Å². The predicted molar refractivity (Wildman–Crippen MR) is 63.0 cm³/mol. The van der Waals surface area contributed by atoms with Crippen LogP contribution in [0.1, 0.15) is 19.4 Å². The van der Waals surface area contributed by atoms with Gasteiger partial charge in [-0.15, -0.1) is 11.6 Å². The molecular weight excluding hydrogens is 232 g/mol. The van der Waals surface area contributed by atoms with Gasteiger partial charge < -0.3 is 5.32 Å². The van der Waals surface area contributed by atoms with Gasteiger partial charge in [0, 0.05) is 24.4 Å². The lowest BCUT2D eigenvalue weighted by Gasteiger charge is -2.25. The number of hydrogen-bond acceptors (Lipinski definition) is 1. The summed E-state index contributed by atoms with van der Waals surface area (Å²) in [5, 5.41) is 3.16. The van der Waals surface area contributed by atoms with Crippen molar-refractivity contribution in [1.29, 1.82) is 0 Å². The zero-order valence-electron chi connectivity index (χ0n) is 9.49. The van der Waals surface area contributed by atoms with Crippen molar-refractivity contribution in [2.45, 2.75) is 19.3 Å². The van der Waals surface area contributed by atoms with Crippen molar-refractivity contribution in [3.8, 4) is 0 Å². The summed E-state index contributed by atoms with van der Waals surface area (Å²) < 4.78 is 25.9. The molecule has 0 aliphatic rings. The average molecular weight is 248 g/mol. The molecule has 1 N–H and O–H groups in total. The van der Waals surface area contributed by atoms with Gasteiger partial charge in [0.1, 0.15) is 0 Å². The van der Waals surface area contributed by atoms with E-state index in [1.165, 1.54) is 6.07 Å². The summed E-state index contributed by atoms with van der Waals surface area (Å²) in [6.45, 7) is 5.32. The first kappa shape index (κ1) is 13.4. The van der Waals surface area contributed by atoms with Crippen molar-refractivity contribution in [3.05, 3.63) is 35.4 Å². The second-order valence-corrected chi connectivity index (χ2v) is 4.76. The highest BCUT2D eigenvalue weighted by Gasteiger charge is 2.21. The summed E-state index contributed by atoms with van der Waals surface area (Å²) in [6, 6.07) is 4.02. The molecule has 0 aliphatic carbocycles. The van der Waals surface area contributed by atoms with E-state index in [-0.39, 0.29) is 5.41 Å². The van der Waals surface area contributed by atoms with Crippen molar-refractivity contribution >= 4 is 11.6 Å². The first-order valence-corrected chi connectivity index (χ1v) is 5.73. The highest BCUT2D eigenvalue weighted by molar-refractivity contribution is 6.18. The van der Waals surface area contributed by atoms with E-state index in [4.69, 9.17) is 11.6 Å². The summed E-state index contributed by atoms with van der Waals surface area (Å²) in [6.07, 6.45) is 0. The molecule has 1 nitrogen and oxygen atoms in total. The molecule has 0 spiro atoms. The van der Waals surface area contributed by atoms with Crippen LogP contribution in [0.5, 0.6) is 0 Å². The summed E-state index contributed by atoms with van der Waals surface area (Å²) in [5.41, 5.74) is 0.522. The Hall–Kier alpha value is -0.670. The van der Waals surface area contributed by atoms with Crippen LogP contribution in [0, 0.1) is 11.6 Å². The van der Waals surface area contributed by atoms with Crippen LogP contribution in [0.2, 0.25) is 0 Å². The first-order valence-electron chi connectivity index (χ1n) is 5.19. The zero-order valence-corrected chi connectivity index (χ0v) is 10.2. The summed E-state index contributed by atoms with van der Waals surface area (Å²) in [7, 11) is 0. The lowest BCUT2D eigenvalue weighted by molar-refractivity contribution is 0.464. The molecule has 0 bridgehead atoms. The van der Waals surface area contributed by atoms with E-state index >= 15 is 0 Å². The Balaban J connectivity index is 2.76. The molecule has 0 radical (unpaired) electrons. The Bertz CT molecular complexity index is 353. The van der Waals surface area contributed by atoms with Crippen LogP contribution in [0.4, 0.5) is 8.78 Å². The highest BCUT2D eigenvalue weighted by Crippen LogP contribution is 2.23. The molecule has 0 fully saturated rings. The first-order chi connectivity index (χ1) is 7.47. The van der Waals surface area contributed by atoms with Gasteiger partial charge in [-0.2, -0.15) is 0 Å². The minimum Gasteiger partial charge on any atom is -0.315 e. The summed E-state index contributed by atoms with van der Waals surface area (Å²) in [5.74, 6) is -1.08. The molecule has 16 heavy (non-hydrogen) atoms. The zero-order chi connectivity index (χ0) is 12.2. The monoisotopic (exact) mass is 247 g/mol. The van der Waals surface area contributed by atoms with Gasteiger partial charge in [-0.1, -0.05) is 19.9 Å². The molecule has 0 heterocycles. The molecule has 0 saturated carbocycles. The fourth-order valence-corrected chi connectivity index (χ4v) is 1.62. The Morgan fingerprint density at radius 1 is 1.25 bits per heavy atom. The van der Waals surface area contributed by atoms with E-state index in [2.05, 4.69) is 5.32 Å². The minimum atomic E-state index is -0.812. The number of halogens is 3. The molecule has 0 saturated heterocycles. The summed E-state index contributed by atoms with van der Waals surface area (Å²) in [4.78, 5) is 0. The third-order valence-corrected chi connectivity index (χ3v) is 2.73. The maximum atomic E-state index is 13.1. The number of nitrogens with one attached hydrogen (secondary N) is 1. The van der Waals surface area contributed by atoms with E-state index in [1.54, 1.807) is 6.07 Å². The van der Waals surface area contributed by atoms with Crippen molar-refractivity contribution in [1.82, 2.24) is 5.32 Å². The third kappa shape index (κ3) is 3.42. The molecule has 4 heteroatoms. The van der Waals surface area contributed by atoms with Crippen molar-refractivity contribution in [2.75, 3.05) is 19.0 Å². The van der Waals surface area contributed by atoms with Crippen LogP contribution in [-0.2, 0) is 5.41 Å². The van der Waals surface area contributed by atoms with Crippen LogP contribution in [0.15, 0.2) is 18.2 Å². The molecule has 0 atom stereocenters. The number of benzene rings is 1. The van der Waals surface area contributed by atoms with Crippen LogP contribution in [0.3, 0.4) is 0 Å². The molecule has 1 rings (SSSR count). The standard InChI is InChI=1S/C12H16ClF2N/c1-12(2,8-16-6-5-13)9-3-4-10(14)11(15)7-9/h3-4,7,16H,5-6,8H2,1-2H3. The van der Waals surface area contributed by atoms with Gasteiger partial charge in [0.05, 0.1) is 0 Å². The molecule has 1 aromatic carbocycles. The minimum absolute atomic E-state index is 0.249. The smallest absolute Gasteiger partial charge is 0.159 e. The largest absolute Gasteiger partial charge is 0.315 e. The van der Waals surface area contributed by atoms with Crippen molar-refractivity contribution in [3.63, 3.8) is 0 Å². The summed E-state index contributed by atoms with van der Waals surface area (Å²) >= 11 is 5.55. The second-order valence-electron chi connectivity index (χ2n) is 4.38. The molecule has 1 aromatic rings. The molecule has 0 aliphatic heterocycles. The predicted octanol–water partition coefficient (Wildman–Crippen LogP) is 3.07. The molecule has 0 aromatic heterocycles. The topological polar surface area (TPSA) is 12.0 Å². The average Bonchev–Trinajstić information content (AvgIpc) is 2.22. The molecule has 0 unspecified atom stereocenters. The van der Waals surface area contributed by atoms with Crippen LogP contribution >= 0.6 is 11.6 Å². The normalized spacial score (nSPS) is 11.8. The van der Waals surface area contributed by atoms with Crippen LogP contribution in [0.25, 0.3) is 0 Å². The van der Waals surface area contributed by atoms with E-state index in [0.29, 0.717) is 19.0 Å². The molecule has 0 amide bonds. The Morgan fingerprint density at radius 2 is 1.94 bits per heavy atom. The van der Waals surface area contributed by atoms with E-state index in [0.717, 1.165) is 11.6 Å². The van der Waals surface area contributed by atoms with Crippen LogP contribution in [-0.4, -0.2) is 19.0 Å². The van der Waals surface area contributed by atoms with Crippen molar-refractivity contribution in [2.24, 2.45) is 0 Å². The van der Waals surface area contributed by atoms with Gasteiger partial charge in [-0.05, 0) is 17.7 Å². The quantitative estimate of drug-likeness (QED) is 0.623. The van der Waals surface area contributed by atoms with Gasteiger partial charge >= 0.3 is 0 Å². The fraction of sp³-hybridized carbons (Fsp3) is 0.500. The van der Waals surface area contributed by atoms with Gasteiger partial charge in [0.2, 0.25) is 0 Å². The maximum absolute atomic E-state index is 13.1. The third-order valence-electron chi connectivity index (χ3n) is 2.54. The fourth-order valence-electron chi connectivity index (χ4n) is 1.49. The van der Waals surface area contributed by atoms with Gasteiger partial charge in [-0.3, -0.25) is 0 Å². The van der Waals surface area contributed by atoms with Gasteiger partial charge in [-0.25, -0.2) is 8.78 Å². The van der Waals surface area contributed by atoms with Crippen molar-refractivity contribution < 1.29 is 8.78 Å². The highest BCUT2D eigenvalue weighted by atomic mass is 35.5. The van der Waals surface area contributed by atoms with Crippen LogP contribution < -0.4 is 5.32 Å². The number of alkyl halides is 1. The number of hydrogen-bond donors (Lipinski definition) is 1. The SMILES string of the molecule is CC(C)(CNCCCl)c1ccc(F)c(F)c1. The Labute approximate surface area is 99.8 Å². The van der Waals surface area contributed by atoms with E-state index in [9.17, 15) is 8.78 Å². The molecular formula is C12H16ClF2N. The van der Waals surface area contributed by atoms with E-state index < -0.39 is 11.6 Å². The second kappa shape index (κ2) is 5.60. The molecule has 90 valence electrons. The maximum Gasteiger partial charge on any atom is 0.159 e. The Morgan fingerprint density at radius 3 is 2.50 bits per heavy atom. The number of rotatable bonds is 5. The lowest BCUT2D eigenvalue weighted by Crippen LogP contribution is -2.34.